The van der Waals surface area contributed by atoms with Crippen LogP contribution in [-0.4, -0.2) is 22.4 Å². The Labute approximate surface area is 103 Å². The fraction of sp³-hybridized carbons (Fsp3) is 0.692. The van der Waals surface area contributed by atoms with E-state index in [4.69, 9.17) is 5.26 Å². The summed E-state index contributed by atoms with van der Waals surface area (Å²) in [5, 5.41) is 16.8. The predicted octanol–water partition coefficient (Wildman–Crippen LogP) is 1.63. The Kier molecular flexibility index (Phi) is 4.16. The molecule has 1 fully saturated rings. The van der Waals surface area contributed by atoms with Crippen molar-refractivity contribution >= 4 is 0 Å². The summed E-state index contributed by atoms with van der Waals surface area (Å²) in [7, 11) is 1.97. The van der Waals surface area contributed by atoms with Crippen molar-refractivity contribution in [1.29, 1.82) is 5.26 Å². The third-order valence-electron chi connectivity index (χ3n) is 3.64. The highest BCUT2D eigenvalue weighted by Crippen LogP contribution is 2.23. The molecule has 2 atom stereocenters. The topological polar surface area (TPSA) is 53.6 Å². The SMILES string of the molecule is Cn1nccc1CCNC1CCCCC1C#N. The minimum atomic E-state index is 0.204. The molecule has 4 heteroatoms. The molecule has 0 saturated heterocycles. The molecule has 92 valence electrons. The van der Waals surface area contributed by atoms with Crippen molar-refractivity contribution in [2.24, 2.45) is 13.0 Å². The fourth-order valence-corrected chi connectivity index (χ4v) is 2.56. The lowest BCUT2D eigenvalue weighted by Gasteiger charge is -2.27. The molecule has 1 heterocycles. The van der Waals surface area contributed by atoms with E-state index in [0.717, 1.165) is 25.8 Å². The van der Waals surface area contributed by atoms with Crippen LogP contribution in [0, 0.1) is 17.2 Å². The smallest absolute Gasteiger partial charge is 0.0672 e. The van der Waals surface area contributed by atoms with Gasteiger partial charge < -0.3 is 5.32 Å². The van der Waals surface area contributed by atoms with Crippen LogP contribution in [0.15, 0.2) is 12.3 Å². The van der Waals surface area contributed by atoms with Crippen LogP contribution in [0.4, 0.5) is 0 Å². The molecular weight excluding hydrogens is 212 g/mol. The second-order valence-electron chi connectivity index (χ2n) is 4.78. The van der Waals surface area contributed by atoms with E-state index >= 15 is 0 Å². The summed E-state index contributed by atoms with van der Waals surface area (Å²) in [4.78, 5) is 0. The average molecular weight is 232 g/mol. The normalized spacial score (nSPS) is 24.5. The third kappa shape index (κ3) is 3.07. The van der Waals surface area contributed by atoms with Gasteiger partial charge in [0, 0.05) is 37.9 Å². The van der Waals surface area contributed by atoms with Gasteiger partial charge in [0.2, 0.25) is 0 Å². The van der Waals surface area contributed by atoms with Crippen LogP contribution in [0.2, 0.25) is 0 Å². The zero-order valence-electron chi connectivity index (χ0n) is 10.4. The second kappa shape index (κ2) is 5.83. The van der Waals surface area contributed by atoms with Gasteiger partial charge in [-0.05, 0) is 18.9 Å². The Morgan fingerprint density at radius 2 is 2.35 bits per heavy atom. The number of hydrogen-bond acceptors (Lipinski definition) is 3. The maximum Gasteiger partial charge on any atom is 0.0672 e. The first-order chi connectivity index (χ1) is 8.31. The Balaban J connectivity index is 1.78. The first-order valence-corrected chi connectivity index (χ1v) is 6.41. The Hall–Kier alpha value is -1.34. The molecule has 1 aromatic rings. The summed E-state index contributed by atoms with van der Waals surface area (Å²) in [6.45, 7) is 0.933. The van der Waals surface area contributed by atoms with E-state index in [2.05, 4.69) is 16.5 Å². The van der Waals surface area contributed by atoms with Gasteiger partial charge in [0.25, 0.3) is 0 Å². The maximum atomic E-state index is 9.08. The summed E-state index contributed by atoms with van der Waals surface area (Å²) in [5.41, 5.74) is 1.24. The van der Waals surface area contributed by atoms with Gasteiger partial charge in [-0.3, -0.25) is 4.68 Å². The van der Waals surface area contributed by atoms with Crippen LogP contribution < -0.4 is 5.32 Å². The van der Waals surface area contributed by atoms with Gasteiger partial charge >= 0.3 is 0 Å². The van der Waals surface area contributed by atoms with Crippen molar-refractivity contribution in [3.05, 3.63) is 18.0 Å². The van der Waals surface area contributed by atoms with Crippen LogP contribution in [0.3, 0.4) is 0 Å². The second-order valence-corrected chi connectivity index (χ2v) is 4.78. The first-order valence-electron chi connectivity index (χ1n) is 6.41. The highest BCUT2D eigenvalue weighted by atomic mass is 15.3. The minimum absolute atomic E-state index is 0.204. The predicted molar refractivity (Wildman–Crippen MR) is 66.3 cm³/mol. The number of aryl methyl sites for hydroxylation is 1. The van der Waals surface area contributed by atoms with E-state index in [9.17, 15) is 0 Å². The van der Waals surface area contributed by atoms with E-state index in [0.29, 0.717) is 6.04 Å². The molecule has 0 radical (unpaired) electrons. The lowest BCUT2D eigenvalue weighted by molar-refractivity contribution is 0.313. The van der Waals surface area contributed by atoms with Crippen molar-refractivity contribution in [2.75, 3.05) is 6.54 Å². The largest absolute Gasteiger partial charge is 0.312 e. The number of nitrogens with one attached hydrogen (secondary N) is 1. The Morgan fingerprint density at radius 1 is 1.53 bits per heavy atom. The lowest BCUT2D eigenvalue weighted by atomic mass is 9.85. The first kappa shape index (κ1) is 12.1. The molecule has 2 unspecified atom stereocenters. The lowest BCUT2D eigenvalue weighted by Crippen LogP contribution is -2.39. The van der Waals surface area contributed by atoms with Crippen molar-refractivity contribution < 1.29 is 0 Å². The van der Waals surface area contributed by atoms with Gasteiger partial charge in [-0.25, -0.2) is 0 Å². The van der Waals surface area contributed by atoms with Crippen LogP contribution in [0.25, 0.3) is 0 Å². The highest BCUT2D eigenvalue weighted by molar-refractivity contribution is 5.01. The Morgan fingerprint density at radius 3 is 3.06 bits per heavy atom. The molecular formula is C13H20N4. The van der Waals surface area contributed by atoms with Crippen LogP contribution >= 0.6 is 0 Å². The number of hydrogen-bond donors (Lipinski definition) is 1. The van der Waals surface area contributed by atoms with E-state index in [1.165, 1.54) is 18.5 Å². The summed E-state index contributed by atoms with van der Waals surface area (Å²) in [5.74, 6) is 0.204. The van der Waals surface area contributed by atoms with E-state index in [1.807, 2.05) is 24.0 Å². The maximum absolute atomic E-state index is 9.08. The van der Waals surface area contributed by atoms with E-state index in [1.54, 1.807) is 0 Å². The van der Waals surface area contributed by atoms with Crippen LogP contribution in [0.5, 0.6) is 0 Å². The van der Waals surface area contributed by atoms with E-state index < -0.39 is 0 Å². The van der Waals surface area contributed by atoms with E-state index in [-0.39, 0.29) is 5.92 Å². The summed E-state index contributed by atoms with van der Waals surface area (Å²) < 4.78 is 1.91. The summed E-state index contributed by atoms with van der Waals surface area (Å²) >= 11 is 0. The molecule has 2 rings (SSSR count). The fourth-order valence-electron chi connectivity index (χ4n) is 2.56. The molecule has 0 spiro atoms. The molecule has 4 nitrogen and oxygen atoms in total. The van der Waals surface area contributed by atoms with Crippen molar-refractivity contribution in [3.8, 4) is 6.07 Å². The van der Waals surface area contributed by atoms with Gasteiger partial charge in [0.05, 0.1) is 12.0 Å². The number of nitriles is 1. The van der Waals surface area contributed by atoms with Gasteiger partial charge in [0.1, 0.15) is 0 Å². The summed E-state index contributed by atoms with van der Waals surface area (Å²) in [6, 6.07) is 4.87. The molecule has 1 aliphatic rings. The molecule has 1 aliphatic carbocycles. The third-order valence-corrected chi connectivity index (χ3v) is 3.64. The number of nitrogens with zero attached hydrogens (tertiary/aromatic N) is 3. The van der Waals surface area contributed by atoms with Gasteiger partial charge in [0.15, 0.2) is 0 Å². The minimum Gasteiger partial charge on any atom is -0.312 e. The van der Waals surface area contributed by atoms with Gasteiger partial charge in [-0.2, -0.15) is 10.4 Å². The average Bonchev–Trinajstić information content (AvgIpc) is 2.76. The molecule has 0 aliphatic heterocycles. The monoisotopic (exact) mass is 232 g/mol. The van der Waals surface area contributed by atoms with Crippen molar-refractivity contribution in [1.82, 2.24) is 15.1 Å². The molecule has 17 heavy (non-hydrogen) atoms. The molecule has 1 N–H and O–H groups in total. The quantitative estimate of drug-likeness (QED) is 0.858. The molecule has 0 amide bonds. The molecule has 0 aromatic carbocycles. The van der Waals surface area contributed by atoms with Crippen LogP contribution in [0.1, 0.15) is 31.4 Å². The van der Waals surface area contributed by atoms with Gasteiger partial charge in [-0.15, -0.1) is 0 Å². The summed E-state index contributed by atoms with van der Waals surface area (Å²) in [6.07, 6.45) is 7.46. The van der Waals surface area contributed by atoms with Crippen molar-refractivity contribution in [3.63, 3.8) is 0 Å². The van der Waals surface area contributed by atoms with Gasteiger partial charge in [-0.1, -0.05) is 12.8 Å². The Bertz CT molecular complexity index is 390. The zero-order chi connectivity index (χ0) is 12.1. The molecule has 0 bridgehead atoms. The standard InChI is InChI=1S/C13H20N4/c1-17-12(7-9-16-17)6-8-15-13-5-3-2-4-11(13)10-14/h7,9,11,13,15H,2-6,8H2,1H3. The molecule has 1 aromatic heterocycles. The molecule has 1 saturated carbocycles. The van der Waals surface area contributed by atoms with Crippen molar-refractivity contribution in [2.45, 2.75) is 38.1 Å². The zero-order valence-corrected chi connectivity index (χ0v) is 10.4. The van der Waals surface area contributed by atoms with Crippen LogP contribution in [-0.2, 0) is 13.5 Å². The number of aromatic nitrogens is 2. The number of rotatable bonds is 4. The highest BCUT2D eigenvalue weighted by Gasteiger charge is 2.23.